The second kappa shape index (κ2) is 11.4. The molecule has 3 rings (SSSR count). The van der Waals surface area contributed by atoms with E-state index in [-0.39, 0.29) is 28.8 Å². The van der Waals surface area contributed by atoms with Crippen molar-refractivity contribution in [3.63, 3.8) is 0 Å². The van der Waals surface area contributed by atoms with Gasteiger partial charge in [0.05, 0.1) is 16.7 Å². The van der Waals surface area contributed by atoms with Crippen molar-refractivity contribution >= 4 is 35.0 Å². The molecule has 0 unspecified atom stereocenters. The predicted octanol–water partition coefficient (Wildman–Crippen LogP) is 4.06. The van der Waals surface area contributed by atoms with Gasteiger partial charge in [0.2, 0.25) is 5.91 Å². The van der Waals surface area contributed by atoms with E-state index in [1.54, 1.807) is 0 Å². The number of anilines is 1. The van der Waals surface area contributed by atoms with Crippen molar-refractivity contribution in [2.75, 3.05) is 11.1 Å². The summed E-state index contributed by atoms with van der Waals surface area (Å²) < 4.78 is 1.86. The van der Waals surface area contributed by atoms with Gasteiger partial charge in [-0.3, -0.25) is 19.7 Å². The molecule has 3 aromatic rings. The molecule has 2 aromatic carbocycles. The van der Waals surface area contributed by atoms with Crippen LogP contribution in [0.5, 0.6) is 0 Å². The minimum Gasteiger partial charge on any atom is -0.342 e. The maximum atomic E-state index is 12.9. The Kier molecular flexibility index (Phi) is 8.36. The molecule has 0 saturated carbocycles. The fourth-order valence-corrected chi connectivity index (χ4v) is 4.11. The third-order valence-electron chi connectivity index (χ3n) is 5.00. The van der Waals surface area contributed by atoms with Crippen LogP contribution in [-0.4, -0.2) is 37.3 Å². The van der Waals surface area contributed by atoms with Gasteiger partial charge in [0, 0.05) is 29.9 Å². The first kappa shape index (κ1) is 24.9. The number of amides is 2. The summed E-state index contributed by atoms with van der Waals surface area (Å²) in [6.45, 7) is 6.35. The van der Waals surface area contributed by atoms with Gasteiger partial charge in [-0.15, -0.1) is 10.2 Å². The number of hydrogen-bond donors (Lipinski definition) is 2. The highest BCUT2D eigenvalue weighted by Gasteiger charge is 2.26. The van der Waals surface area contributed by atoms with Crippen LogP contribution in [0.15, 0.2) is 59.8 Å². The molecule has 0 spiro atoms. The Hall–Kier alpha value is -3.73. The molecule has 178 valence electrons. The Labute approximate surface area is 201 Å². The predicted molar refractivity (Wildman–Crippen MR) is 130 cm³/mol. The molecular formula is C23H26N6O4S. The topological polar surface area (TPSA) is 132 Å². The van der Waals surface area contributed by atoms with Gasteiger partial charge in [-0.2, -0.15) is 0 Å². The summed E-state index contributed by atoms with van der Waals surface area (Å²) >= 11 is 1.26. The highest BCUT2D eigenvalue weighted by Crippen LogP contribution is 2.26. The van der Waals surface area contributed by atoms with Crippen molar-refractivity contribution in [2.45, 2.75) is 38.5 Å². The molecule has 11 heteroatoms. The van der Waals surface area contributed by atoms with Crippen molar-refractivity contribution in [3.05, 3.63) is 76.1 Å². The molecule has 2 amide bonds. The first-order chi connectivity index (χ1) is 16.3. The van der Waals surface area contributed by atoms with Crippen LogP contribution in [0.1, 0.15) is 43.0 Å². The van der Waals surface area contributed by atoms with E-state index in [0.29, 0.717) is 17.5 Å². The fourth-order valence-electron chi connectivity index (χ4n) is 3.30. The number of nitrogens with one attached hydrogen (secondary N) is 2. The monoisotopic (exact) mass is 482 g/mol. The number of thioether (sulfide) groups is 1. The van der Waals surface area contributed by atoms with Crippen molar-refractivity contribution in [1.29, 1.82) is 0 Å². The number of carbonyl (C=O) groups is 2. The summed E-state index contributed by atoms with van der Waals surface area (Å²) in [6.07, 6.45) is 0. The molecule has 34 heavy (non-hydrogen) atoms. The SMILES string of the molecule is CCn1c(SCC(=O)Nc2ccccc2)nnc1[C@H](NC(=O)c1cccc([N+](=O)[O-])c1)C(C)C. The van der Waals surface area contributed by atoms with Gasteiger partial charge >= 0.3 is 0 Å². The average Bonchev–Trinajstić information content (AvgIpc) is 3.24. The lowest BCUT2D eigenvalue weighted by molar-refractivity contribution is -0.384. The largest absolute Gasteiger partial charge is 0.342 e. The van der Waals surface area contributed by atoms with E-state index in [4.69, 9.17) is 0 Å². The van der Waals surface area contributed by atoms with Crippen molar-refractivity contribution in [2.24, 2.45) is 5.92 Å². The van der Waals surface area contributed by atoms with Gasteiger partial charge in [0.1, 0.15) is 0 Å². The third kappa shape index (κ3) is 6.19. The molecule has 1 atom stereocenters. The standard InChI is InChI=1S/C23H26N6O4S/c1-4-28-21(26-27-23(28)34-14-19(30)24-17-10-6-5-7-11-17)20(15(2)3)25-22(31)16-9-8-12-18(13-16)29(32)33/h5-13,15,20H,4,14H2,1-3H3,(H,24,30)(H,25,31)/t20-/m1/s1. The molecule has 0 aliphatic heterocycles. The Morgan fingerprint density at radius 2 is 1.85 bits per heavy atom. The highest BCUT2D eigenvalue weighted by atomic mass is 32.2. The second-order valence-corrected chi connectivity index (χ2v) is 8.73. The van der Waals surface area contributed by atoms with Gasteiger partial charge in [0.25, 0.3) is 11.6 Å². The van der Waals surface area contributed by atoms with E-state index in [1.165, 1.54) is 36.0 Å². The Balaban J connectivity index is 1.73. The number of nitrogens with zero attached hydrogens (tertiary/aromatic N) is 4. The maximum absolute atomic E-state index is 12.9. The zero-order valence-corrected chi connectivity index (χ0v) is 19.9. The number of non-ortho nitro benzene ring substituents is 1. The van der Waals surface area contributed by atoms with E-state index in [2.05, 4.69) is 20.8 Å². The summed E-state index contributed by atoms with van der Waals surface area (Å²) in [7, 11) is 0. The Bertz CT molecular complexity index is 1170. The molecule has 0 saturated heterocycles. The van der Waals surface area contributed by atoms with Crippen molar-refractivity contribution in [1.82, 2.24) is 20.1 Å². The molecule has 0 radical (unpaired) electrons. The lowest BCUT2D eigenvalue weighted by Gasteiger charge is -2.22. The van der Waals surface area contributed by atoms with Crippen LogP contribution in [0.2, 0.25) is 0 Å². The molecule has 0 bridgehead atoms. The first-order valence-corrected chi connectivity index (χ1v) is 11.7. The Morgan fingerprint density at radius 1 is 1.12 bits per heavy atom. The third-order valence-corrected chi connectivity index (χ3v) is 5.97. The average molecular weight is 483 g/mol. The van der Waals surface area contributed by atoms with Crippen molar-refractivity contribution < 1.29 is 14.5 Å². The molecule has 2 N–H and O–H groups in total. The number of hydrogen-bond acceptors (Lipinski definition) is 7. The van der Waals surface area contributed by atoms with Crippen LogP contribution in [-0.2, 0) is 11.3 Å². The smallest absolute Gasteiger partial charge is 0.270 e. The molecule has 0 aliphatic rings. The summed E-state index contributed by atoms with van der Waals surface area (Å²) in [5.74, 6) is 0.0743. The van der Waals surface area contributed by atoms with Crippen LogP contribution in [0.4, 0.5) is 11.4 Å². The maximum Gasteiger partial charge on any atom is 0.270 e. The zero-order valence-electron chi connectivity index (χ0n) is 19.1. The highest BCUT2D eigenvalue weighted by molar-refractivity contribution is 7.99. The Morgan fingerprint density at radius 3 is 2.50 bits per heavy atom. The molecule has 10 nitrogen and oxygen atoms in total. The number of rotatable bonds is 10. The van der Waals surface area contributed by atoms with Crippen LogP contribution >= 0.6 is 11.8 Å². The van der Waals surface area contributed by atoms with E-state index >= 15 is 0 Å². The molecule has 0 fully saturated rings. The molecule has 1 heterocycles. The van der Waals surface area contributed by atoms with Gasteiger partial charge in [0.15, 0.2) is 11.0 Å². The van der Waals surface area contributed by atoms with Crippen LogP contribution in [0.25, 0.3) is 0 Å². The van der Waals surface area contributed by atoms with Crippen LogP contribution < -0.4 is 10.6 Å². The number of para-hydroxylation sites is 1. The number of carbonyl (C=O) groups excluding carboxylic acids is 2. The number of benzene rings is 2. The minimum atomic E-state index is -0.540. The zero-order chi connectivity index (χ0) is 24.7. The lowest BCUT2D eigenvalue weighted by atomic mass is 10.0. The number of aromatic nitrogens is 3. The second-order valence-electron chi connectivity index (χ2n) is 7.79. The quantitative estimate of drug-likeness (QED) is 0.253. The van der Waals surface area contributed by atoms with E-state index in [9.17, 15) is 19.7 Å². The molecular weight excluding hydrogens is 456 g/mol. The normalized spacial score (nSPS) is 11.8. The van der Waals surface area contributed by atoms with Crippen LogP contribution in [0, 0.1) is 16.0 Å². The fraction of sp³-hybridized carbons (Fsp3) is 0.304. The van der Waals surface area contributed by atoms with Gasteiger partial charge < -0.3 is 15.2 Å². The number of nitro benzene ring substituents is 1. The first-order valence-electron chi connectivity index (χ1n) is 10.8. The van der Waals surface area contributed by atoms with Gasteiger partial charge in [-0.1, -0.05) is 49.9 Å². The van der Waals surface area contributed by atoms with Crippen LogP contribution in [0.3, 0.4) is 0 Å². The summed E-state index contributed by atoms with van der Waals surface area (Å²) in [5, 5.41) is 25.9. The lowest BCUT2D eigenvalue weighted by Crippen LogP contribution is -2.33. The summed E-state index contributed by atoms with van der Waals surface area (Å²) in [5.41, 5.74) is 0.752. The molecule has 0 aliphatic carbocycles. The van der Waals surface area contributed by atoms with Gasteiger partial charge in [-0.05, 0) is 31.0 Å². The minimum absolute atomic E-state index is 0.0311. The summed E-state index contributed by atoms with van der Waals surface area (Å²) in [4.78, 5) is 35.7. The van der Waals surface area contributed by atoms with E-state index in [1.807, 2.05) is 55.7 Å². The van der Waals surface area contributed by atoms with E-state index in [0.717, 1.165) is 5.69 Å². The van der Waals surface area contributed by atoms with E-state index < -0.39 is 16.9 Å². The molecule has 1 aromatic heterocycles. The summed E-state index contributed by atoms with van der Waals surface area (Å²) in [6, 6.07) is 14.3. The van der Waals surface area contributed by atoms with Crippen molar-refractivity contribution in [3.8, 4) is 0 Å². The van der Waals surface area contributed by atoms with Gasteiger partial charge in [-0.25, -0.2) is 0 Å². The number of nitro groups is 1.